The number of hydrogen-bond acceptors (Lipinski definition) is 2. The molecule has 0 aliphatic heterocycles. The summed E-state index contributed by atoms with van der Waals surface area (Å²) in [6.07, 6.45) is 2.87. The Labute approximate surface area is 166 Å². The molecule has 0 radical (unpaired) electrons. The van der Waals surface area contributed by atoms with Crippen molar-refractivity contribution in [1.29, 1.82) is 0 Å². The van der Waals surface area contributed by atoms with Crippen LogP contribution in [0.15, 0.2) is 48.5 Å². The summed E-state index contributed by atoms with van der Waals surface area (Å²) in [5.41, 5.74) is 5.00. The second-order valence-electron chi connectivity index (χ2n) is 9.07. The highest BCUT2D eigenvalue weighted by molar-refractivity contribution is 6.74. The van der Waals surface area contributed by atoms with E-state index in [4.69, 9.17) is 9.53 Å². The maximum absolute atomic E-state index is 9.16. The Morgan fingerprint density at radius 2 is 1.41 bits per heavy atom. The fourth-order valence-corrected chi connectivity index (χ4v) is 4.22. The Hall–Kier alpha value is -1.42. The second-order valence-corrected chi connectivity index (χ2v) is 13.8. The van der Waals surface area contributed by atoms with E-state index in [-0.39, 0.29) is 17.7 Å². The molecule has 2 aromatic rings. The van der Waals surface area contributed by atoms with Crippen LogP contribution in [-0.4, -0.2) is 20.0 Å². The van der Waals surface area contributed by atoms with Crippen molar-refractivity contribution in [3.8, 4) is 11.1 Å². The number of rotatable bonds is 8. The molecule has 0 bridgehead atoms. The van der Waals surface area contributed by atoms with E-state index in [2.05, 4.69) is 89.3 Å². The first-order valence-corrected chi connectivity index (χ1v) is 13.0. The molecule has 3 heteroatoms. The van der Waals surface area contributed by atoms with Crippen molar-refractivity contribution in [3.05, 3.63) is 59.7 Å². The predicted octanol–water partition coefficient (Wildman–Crippen LogP) is 6.89. The number of aliphatic hydroxyl groups excluding tert-OH is 1. The lowest BCUT2D eigenvalue weighted by Crippen LogP contribution is -2.41. The quantitative estimate of drug-likeness (QED) is 0.397. The summed E-state index contributed by atoms with van der Waals surface area (Å²) in [5, 5.41) is 9.35. The SMILES string of the molecule is Cc1ccc(-c2ccc(C(CCCCO)O[Si](C)(C)C(C)(C)C)cc2)cc1. The number of aryl methyl sites for hydroxylation is 1. The average molecular weight is 385 g/mol. The molecule has 0 saturated heterocycles. The van der Waals surface area contributed by atoms with Gasteiger partial charge in [0.1, 0.15) is 0 Å². The van der Waals surface area contributed by atoms with E-state index >= 15 is 0 Å². The molecule has 0 saturated carbocycles. The van der Waals surface area contributed by atoms with Gasteiger partial charge in [-0.2, -0.15) is 0 Å². The van der Waals surface area contributed by atoms with Crippen molar-refractivity contribution in [2.45, 2.75) is 71.2 Å². The van der Waals surface area contributed by atoms with Gasteiger partial charge in [-0.25, -0.2) is 0 Å². The van der Waals surface area contributed by atoms with Crippen LogP contribution in [0.3, 0.4) is 0 Å². The Kier molecular flexibility index (Phi) is 7.44. The Morgan fingerprint density at radius 3 is 1.89 bits per heavy atom. The van der Waals surface area contributed by atoms with Crippen LogP contribution in [0, 0.1) is 6.92 Å². The van der Waals surface area contributed by atoms with Gasteiger partial charge in [-0.15, -0.1) is 0 Å². The highest BCUT2D eigenvalue weighted by Gasteiger charge is 2.39. The maximum Gasteiger partial charge on any atom is 0.192 e. The van der Waals surface area contributed by atoms with E-state index in [1.54, 1.807) is 0 Å². The largest absolute Gasteiger partial charge is 0.410 e. The Balaban J connectivity index is 2.22. The number of hydrogen-bond donors (Lipinski definition) is 1. The van der Waals surface area contributed by atoms with Crippen LogP contribution in [0.1, 0.15) is 57.3 Å². The van der Waals surface area contributed by atoms with Crippen LogP contribution in [0.25, 0.3) is 11.1 Å². The third-order valence-corrected chi connectivity index (χ3v) is 10.3. The summed E-state index contributed by atoms with van der Waals surface area (Å²) in [7, 11) is -1.86. The highest BCUT2D eigenvalue weighted by atomic mass is 28.4. The van der Waals surface area contributed by atoms with Crippen molar-refractivity contribution in [1.82, 2.24) is 0 Å². The molecule has 2 aromatic carbocycles. The van der Waals surface area contributed by atoms with Gasteiger partial charge in [-0.3, -0.25) is 0 Å². The van der Waals surface area contributed by atoms with Crippen molar-refractivity contribution in [2.24, 2.45) is 0 Å². The number of unbranched alkanes of at least 4 members (excludes halogenated alkanes) is 1. The summed E-state index contributed by atoms with van der Waals surface area (Å²) in [5.74, 6) is 0. The second kappa shape index (κ2) is 9.18. The molecule has 1 N–H and O–H groups in total. The van der Waals surface area contributed by atoms with Crippen molar-refractivity contribution >= 4 is 8.32 Å². The molecule has 0 fully saturated rings. The first-order valence-electron chi connectivity index (χ1n) is 10.1. The Bertz CT molecular complexity index is 697. The molecule has 0 heterocycles. The first-order chi connectivity index (χ1) is 12.6. The fraction of sp³-hybridized carbons (Fsp3) is 0.500. The summed E-state index contributed by atoms with van der Waals surface area (Å²) >= 11 is 0. The van der Waals surface area contributed by atoms with Crippen LogP contribution < -0.4 is 0 Å². The van der Waals surface area contributed by atoms with Crippen LogP contribution in [-0.2, 0) is 4.43 Å². The van der Waals surface area contributed by atoms with Gasteiger partial charge in [0.15, 0.2) is 8.32 Å². The van der Waals surface area contributed by atoms with Gasteiger partial charge in [0.05, 0.1) is 6.10 Å². The third kappa shape index (κ3) is 6.03. The number of aliphatic hydroxyl groups is 1. The summed E-state index contributed by atoms with van der Waals surface area (Å²) in [6.45, 7) is 13.8. The van der Waals surface area contributed by atoms with E-state index in [0.29, 0.717) is 0 Å². The van der Waals surface area contributed by atoms with E-state index in [0.717, 1.165) is 19.3 Å². The molecule has 0 aliphatic rings. The van der Waals surface area contributed by atoms with Gasteiger partial charge in [0.2, 0.25) is 0 Å². The van der Waals surface area contributed by atoms with Gasteiger partial charge in [0, 0.05) is 6.61 Å². The van der Waals surface area contributed by atoms with Gasteiger partial charge in [0.25, 0.3) is 0 Å². The average Bonchev–Trinajstić information content (AvgIpc) is 2.61. The van der Waals surface area contributed by atoms with Gasteiger partial charge in [-0.1, -0.05) is 74.9 Å². The number of benzene rings is 2. The van der Waals surface area contributed by atoms with E-state index < -0.39 is 8.32 Å². The van der Waals surface area contributed by atoms with E-state index in [1.807, 2.05) is 0 Å². The monoisotopic (exact) mass is 384 g/mol. The van der Waals surface area contributed by atoms with E-state index in [1.165, 1.54) is 22.3 Å². The predicted molar refractivity (Wildman–Crippen MR) is 119 cm³/mol. The van der Waals surface area contributed by atoms with Crippen molar-refractivity contribution < 1.29 is 9.53 Å². The molecular weight excluding hydrogens is 348 g/mol. The molecule has 1 atom stereocenters. The minimum absolute atomic E-state index is 0.101. The normalized spacial score (nSPS) is 13.6. The van der Waals surface area contributed by atoms with Crippen LogP contribution >= 0.6 is 0 Å². The van der Waals surface area contributed by atoms with Crippen molar-refractivity contribution in [3.63, 3.8) is 0 Å². The van der Waals surface area contributed by atoms with E-state index in [9.17, 15) is 0 Å². The minimum atomic E-state index is -1.86. The summed E-state index contributed by atoms with van der Waals surface area (Å²) in [4.78, 5) is 0. The molecule has 2 rings (SSSR count). The fourth-order valence-electron chi connectivity index (χ4n) is 2.90. The maximum atomic E-state index is 9.16. The molecule has 0 aromatic heterocycles. The van der Waals surface area contributed by atoms with Crippen LogP contribution in [0.5, 0.6) is 0 Å². The molecule has 1 unspecified atom stereocenters. The third-order valence-electron chi connectivity index (χ3n) is 5.78. The molecule has 0 amide bonds. The van der Waals surface area contributed by atoms with Crippen LogP contribution in [0.4, 0.5) is 0 Å². The topological polar surface area (TPSA) is 29.5 Å². The lowest BCUT2D eigenvalue weighted by molar-refractivity contribution is 0.165. The molecule has 2 nitrogen and oxygen atoms in total. The van der Waals surface area contributed by atoms with Gasteiger partial charge in [-0.05, 0) is 61.0 Å². The van der Waals surface area contributed by atoms with Gasteiger partial charge < -0.3 is 9.53 Å². The highest BCUT2D eigenvalue weighted by Crippen LogP contribution is 2.41. The molecule has 148 valence electrons. The molecular formula is C24H36O2Si. The molecule has 0 spiro atoms. The smallest absolute Gasteiger partial charge is 0.192 e. The first kappa shape index (κ1) is 21.9. The van der Waals surface area contributed by atoms with Gasteiger partial charge >= 0.3 is 0 Å². The zero-order chi connectivity index (χ0) is 20.1. The molecule has 27 heavy (non-hydrogen) atoms. The minimum Gasteiger partial charge on any atom is -0.410 e. The molecule has 0 aliphatic carbocycles. The zero-order valence-corrected chi connectivity index (χ0v) is 18.9. The summed E-state index contributed by atoms with van der Waals surface area (Å²) in [6, 6.07) is 17.5. The van der Waals surface area contributed by atoms with Crippen LogP contribution in [0.2, 0.25) is 18.1 Å². The lowest BCUT2D eigenvalue weighted by atomic mass is 9.99. The zero-order valence-electron chi connectivity index (χ0n) is 17.9. The van der Waals surface area contributed by atoms with Crippen molar-refractivity contribution in [2.75, 3.05) is 6.61 Å². The summed E-state index contributed by atoms with van der Waals surface area (Å²) < 4.78 is 6.75. The Morgan fingerprint density at radius 1 is 0.889 bits per heavy atom. The lowest BCUT2D eigenvalue weighted by Gasteiger charge is -2.39. The standard InChI is InChI=1S/C24H36O2Si/c1-19-10-12-20(13-11-19)21-14-16-22(17-15-21)23(9-7-8-18-25)26-27(5,6)24(2,3)4/h10-17,23,25H,7-9,18H2,1-6H3.